The second-order valence-corrected chi connectivity index (χ2v) is 7.23. The van der Waals surface area contributed by atoms with Gasteiger partial charge in [-0.05, 0) is 52.0 Å². The molecule has 0 spiro atoms. The Labute approximate surface area is 124 Å². The molecule has 1 aromatic heterocycles. The van der Waals surface area contributed by atoms with Crippen LogP contribution in [0.25, 0.3) is 11.3 Å². The van der Waals surface area contributed by atoms with Crippen molar-refractivity contribution < 1.29 is 4.39 Å². The fourth-order valence-electron chi connectivity index (χ4n) is 1.98. The molecular weight excluding hydrogens is 271 g/mol. The minimum absolute atomic E-state index is 0.131. The van der Waals surface area contributed by atoms with E-state index in [4.69, 9.17) is 0 Å². The maximum Gasteiger partial charge on any atom is 0.123 e. The number of hydrogen-bond donors (Lipinski definition) is 1. The molecule has 0 fully saturated rings. The van der Waals surface area contributed by atoms with Gasteiger partial charge in [0.05, 0.1) is 10.7 Å². The molecule has 2 aromatic rings. The maximum absolute atomic E-state index is 13.0. The first-order valence-corrected chi connectivity index (χ1v) is 7.64. The first-order valence-electron chi connectivity index (χ1n) is 6.82. The Hall–Kier alpha value is -1.26. The Kier molecular flexibility index (Phi) is 4.55. The molecule has 0 aliphatic heterocycles. The second kappa shape index (κ2) is 6.02. The molecule has 20 heavy (non-hydrogen) atoms. The summed E-state index contributed by atoms with van der Waals surface area (Å²) in [5.41, 5.74) is 2.09. The average Bonchev–Trinajstić information content (AvgIpc) is 2.70. The SMILES string of the molecule is Cc1sc(CCNC(C)(C)C)nc1-c1ccc(F)cc1. The number of hydrogen-bond acceptors (Lipinski definition) is 3. The molecule has 108 valence electrons. The molecule has 0 amide bonds. The third-order valence-electron chi connectivity index (χ3n) is 2.95. The van der Waals surface area contributed by atoms with E-state index in [9.17, 15) is 4.39 Å². The quantitative estimate of drug-likeness (QED) is 0.914. The third-order valence-corrected chi connectivity index (χ3v) is 3.98. The molecule has 4 heteroatoms. The monoisotopic (exact) mass is 292 g/mol. The van der Waals surface area contributed by atoms with Gasteiger partial charge < -0.3 is 5.32 Å². The molecule has 0 aliphatic rings. The molecule has 0 bridgehead atoms. The van der Waals surface area contributed by atoms with Crippen LogP contribution in [0.3, 0.4) is 0 Å². The van der Waals surface area contributed by atoms with Crippen molar-refractivity contribution in [2.45, 2.75) is 39.7 Å². The topological polar surface area (TPSA) is 24.9 Å². The number of rotatable bonds is 4. The van der Waals surface area contributed by atoms with Crippen LogP contribution in [-0.4, -0.2) is 17.1 Å². The number of aryl methyl sites for hydroxylation is 1. The Morgan fingerprint density at radius 1 is 1.20 bits per heavy atom. The Balaban J connectivity index is 2.08. The fourth-order valence-corrected chi connectivity index (χ4v) is 2.93. The first-order chi connectivity index (χ1) is 9.35. The van der Waals surface area contributed by atoms with Crippen LogP contribution in [0.4, 0.5) is 4.39 Å². The van der Waals surface area contributed by atoms with Gasteiger partial charge >= 0.3 is 0 Å². The van der Waals surface area contributed by atoms with Gasteiger partial charge in [-0.25, -0.2) is 9.37 Å². The molecule has 1 N–H and O–H groups in total. The highest BCUT2D eigenvalue weighted by Crippen LogP contribution is 2.27. The Morgan fingerprint density at radius 2 is 1.85 bits per heavy atom. The summed E-state index contributed by atoms with van der Waals surface area (Å²) in [4.78, 5) is 5.87. The normalized spacial score (nSPS) is 11.8. The lowest BCUT2D eigenvalue weighted by molar-refractivity contribution is 0.429. The van der Waals surface area contributed by atoms with Gasteiger partial charge in [0.15, 0.2) is 0 Å². The largest absolute Gasteiger partial charge is 0.312 e. The van der Waals surface area contributed by atoms with Crippen LogP contribution >= 0.6 is 11.3 Å². The van der Waals surface area contributed by atoms with E-state index < -0.39 is 0 Å². The van der Waals surface area contributed by atoms with Crippen molar-refractivity contribution in [1.29, 1.82) is 0 Å². The lowest BCUT2D eigenvalue weighted by Crippen LogP contribution is -2.37. The predicted octanol–water partition coefficient (Wildman–Crippen LogP) is 4.19. The number of benzene rings is 1. The van der Waals surface area contributed by atoms with E-state index in [2.05, 4.69) is 38.0 Å². The van der Waals surface area contributed by atoms with Crippen LogP contribution in [-0.2, 0) is 6.42 Å². The standard InChI is InChI=1S/C16H21FN2S/c1-11-15(12-5-7-13(17)8-6-12)19-14(20-11)9-10-18-16(2,3)4/h5-8,18H,9-10H2,1-4H3. The van der Waals surface area contributed by atoms with Gasteiger partial charge in [-0.3, -0.25) is 0 Å². The van der Waals surface area contributed by atoms with E-state index in [1.807, 2.05) is 0 Å². The van der Waals surface area contributed by atoms with Crippen molar-refractivity contribution in [3.05, 3.63) is 40.0 Å². The molecule has 0 saturated carbocycles. The molecule has 2 rings (SSSR count). The first kappa shape index (κ1) is 15.1. The van der Waals surface area contributed by atoms with Gasteiger partial charge in [0.2, 0.25) is 0 Å². The summed E-state index contributed by atoms with van der Waals surface area (Å²) in [5.74, 6) is -0.212. The fraction of sp³-hybridized carbons (Fsp3) is 0.438. The maximum atomic E-state index is 13.0. The van der Waals surface area contributed by atoms with Crippen molar-refractivity contribution >= 4 is 11.3 Å². The second-order valence-electron chi connectivity index (χ2n) is 5.95. The Bertz CT molecular complexity index is 567. The number of nitrogens with one attached hydrogen (secondary N) is 1. The van der Waals surface area contributed by atoms with Crippen molar-refractivity contribution in [3.63, 3.8) is 0 Å². The molecule has 0 saturated heterocycles. The van der Waals surface area contributed by atoms with Gasteiger partial charge in [0.25, 0.3) is 0 Å². The molecular formula is C16H21FN2S. The Morgan fingerprint density at radius 3 is 2.45 bits per heavy atom. The summed E-state index contributed by atoms with van der Waals surface area (Å²) in [6.07, 6.45) is 0.921. The van der Waals surface area contributed by atoms with Crippen molar-refractivity contribution in [2.24, 2.45) is 0 Å². The third kappa shape index (κ3) is 4.12. The zero-order valence-corrected chi connectivity index (χ0v) is 13.3. The van der Waals surface area contributed by atoms with Crippen LogP contribution in [0.15, 0.2) is 24.3 Å². The van der Waals surface area contributed by atoms with Crippen LogP contribution in [0.1, 0.15) is 30.7 Å². The van der Waals surface area contributed by atoms with Crippen molar-refractivity contribution in [2.75, 3.05) is 6.54 Å². The highest BCUT2D eigenvalue weighted by Gasteiger charge is 2.12. The smallest absolute Gasteiger partial charge is 0.123 e. The van der Waals surface area contributed by atoms with Crippen LogP contribution < -0.4 is 5.32 Å². The van der Waals surface area contributed by atoms with Gasteiger partial charge in [-0.2, -0.15) is 0 Å². The van der Waals surface area contributed by atoms with E-state index >= 15 is 0 Å². The van der Waals surface area contributed by atoms with Gasteiger partial charge in [-0.1, -0.05) is 0 Å². The number of halogens is 1. The molecule has 1 aromatic carbocycles. The van der Waals surface area contributed by atoms with E-state index in [1.165, 1.54) is 17.0 Å². The van der Waals surface area contributed by atoms with E-state index in [0.717, 1.165) is 29.2 Å². The van der Waals surface area contributed by atoms with Crippen LogP contribution in [0.2, 0.25) is 0 Å². The highest BCUT2D eigenvalue weighted by atomic mass is 32.1. The lowest BCUT2D eigenvalue weighted by atomic mass is 10.1. The molecule has 0 radical (unpaired) electrons. The lowest BCUT2D eigenvalue weighted by Gasteiger charge is -2.19. The predicted molar refractivity (Wildman–Crippen MR) is 83.7 cm³/mol. The number of thiazole rings is 1. The summed E-state index contributed by atoms with van der Waals surface area (Å²) in [7, 11) is 0. The van der Waals surface area contributed by atoms with Gasteiger partial charge in [0.1, 0.15) is 5.82 Å². The van der Waals surface area contributed by atoms with Gasteiger partial charge in [0, 0.05) is 28.9 Å². The van der Waals surface area contributed by atoms with Crippen molar-refractivity contribution in [1.82, 2.24) is 10.3 Å². The summed E-state index contributed by atoms with van der Waals surface area (Å²) in [6, 6.07) is 6.53. The summed E-state index contributed by atoms with van der Waals surface area (Å²) < 4.78 is 13.0. The van der Waals surface area contributed by atoms with Crippen LogP contribution in [0, 0.1) is 12.7 Å². The zero-order chi connectivity index (χ0) is 14.8. The minimum Gasteiger partial charge on any atom is -0.312 e. The van der Waals surface area contributed by atoms with E-state index in [1.54, 1.807) is 23.5 Å². The minimum atomic E-state index is -0.212. The summed E-state index contributed by atoms with van der Waals surface area (Å²) in [5, 5.41) is 4.59. The molecule has 1 heterocycles. The zero-order valence-electron chi connectivity index (χ0n) is 12.5. The molecule has 0 unspecified atom stereocenters. The molecule has 2 nitrogen and oxygen atoms in total. The van der Waals surface area contributed by atoms with Crippen LogP contribution in [0.5, 0.6) is 0 Å². The number of aromatic nitrogens is 1. The molecule has 0 atom stereocenters. The van der Waals surface area contributed by atoms with Gasteiger partial charge in [-0.15, -0.1) is 11.3 Å². The summed E-state index contributed by atoms with van der Waals surface area (Å²) in [6.45, 7) is 9.45. The van der Waals surface area contributed by atoms with Crippen molar-refractivity contribution in [3.8, 4) is 11.3 Å². The highest BCUT2D eigenvalue weighted by molar-refractivity contribution is 7.12. The average molecular weight is 292 g/mol. The van der Waals surface area contributed by atoms with E-state index in [-0.39, 0.29) is 11.4 Å². The molecule has 0 aliphatic carbocycles. The summed E-state index contributed by atoms with van der Waals surface area (Å²) >= 11 is 1.72. The van der Waals surface area contributed by atoms with E-state index in [0.29, 0.717) is 0 Å². The number of nitrogens with zero attached hydrogens (tertiary/aromatic N) is 1.